The Kier molecular flexibility index (Phi) is 10.2. The molecule has 0 radical (unpaired) electrons. The number of benzene rings is 2. The summed E-state index contributed by atoms with van der Waals surface area (Å²) in [6.45, 7) is 2.75. The predicted molar refractivity (Wildman–Crippen MR) is 153 cm³/mol. The van der Waals surface area contributed by atoms with E-state index in [1.165, 1.54) is 39.3 Å². The number of aliphatic hydroxyl groups excluding tert-OH is 4. The predicted octanol–water partition coefficient (Wildman–Crippen LogP) is 1.20. The topological polar surface area (TPSA) is 215 Å². The fourth-order valence-electron chi connectivity index (χ4n) is 4.90. The third-order valence-corrected chi connectivity index (χ3v) is 7.35. The van der Waals surface area contributed by atoms with Crippen LogP contribution in [0.3, 0.4) is 0 Å². The molecule has 6 unspecified atom stereocenters. The number of phenols is 1. The highest BCUT2D eigenvalue weighted by atomic mass is 16.7. The van der Waals surface area contributed by atoms with Crippen LogP contribution < -0.4 is 19.6 Å². The maximum Gasteiger partial charge on any atom is 0.302 e. The molecule has 4 rings (SSSR count). The summed E-state index contributed by atoms with van der Waals surface area (Å²) in [6.07, 6.45) is -6.95. The van der Waals surface area contributed by atoms with Crippen LogP contribution in [0.25, 0.3) is 22.3 Å². The van der Waals surface area contributed by atoms with Gasteiger partial charge in [0.05, 0.1) is 27.4 Å². The number of hydrogen-bond acceptors (Lipinski definition) is 14. The molecule has 1 aliphatic rings. The van der Waals surface area contributed by atoms with Gasteiger partial charge in [-0.15, -0.1) is 0 Å². The molecule has 1 fully saturated rings. The molecule has 240 valence electrons. The first kappa shape index (κ1) is 32.8. The van der Waals surface area contributed by atoms with E-state index in [1.54, 1.807) is 6.07 Å². The summed E-state index contributed by atoms with van der Waals surface area (Å²) in [7, 11) is 2.50. The largest absolute Gasteiger partial charge is 0.508 e. The maximum absolute atomic E-state index is 13.4. The molecule has 6 atom stereocenters. The van der Waals surface area contributed by atoms with Crippen LogP contribution in [-0.4, -0.2) is 94.7 Å². The van der Waals surface area contributed by atoms with Crippen LogP contribution in [0.5, 0.6) is 28.7 Å². The number of carbonyl (C=O) groups is 1. The minimum atomic E-state index is -1.74. The van der Waals surface area contributed by atoms with Gasteiger partial charge in [0.1, 0.15) is 41.1 Å². The number of ether oxygens (including phenoxy) is 5. The fraction of sp³-hybridized carbons (Fsp3) is 0.467. The van der Waals surface area contributed by atoms with Gasteiger partial charge in [0, 0.05) is 18.6 Å². The highest BCUT2D eigenvalue weighted by Gasteiger charge is 2.45. The number of fused-ring (bicyclic) bond motifs is 1. The smallest absolute Gasteiger partial charge is 0.302 e. The lowest BCUT2D eigenvalue weighted by Gasteiger charge is -2.39. The van der Waals surface area contributed by atoms with Crippen molar-refractivity contribution in [3.05, 3.63) is 40.1 Å². The van der Waals surface area contributed by atoms with Gasteiger partial charge in [-0.1, -0.05) is 6.92 Å². The standard InChI is InChI=1S/C30H36O14/c1-13(12-41-14(2)32)5-6-15-9-16(7-8-17(15)33)27-25(37)23(35)21-18(42-27)10-19(28(39-3)29(21)40-4)43-30-26(38)24(36)22(34)20(11-31)44-30/h7-10,13,20,22,24,26,30-31,33-34,36-38H,5-6,11-12H2,1-4H3. The van der Waals surface area contributed by atoms with Crippen molar-refractivity contribution in [1.82, 2.24) is 0 Å². The Bertz CT molecular complexity index is 1550. The molecule has 0 bridgehead atoms. The second-order valence-corrected chi connectivity index (χ2v) is 10.5. The summed E-state index contributed by atoms with van der Waals surface area (Å²) in [5, 5.41) is 61.5. The van der Waals surface area contributed by atoms with Crippen molar-refractivity contribution < 1.29 is 63.5 Å². The molecule has 14 heteroatoms. The number of methoxy groups -OCH3 is 2. The minimum absolute atomic E-state index is 0.00137. The first-order chi connectivity index (χ1) is 20.9. The van der Waals surface area contributed by atoms with E-state index in [0.717, 1.165) is 0 Å². The van der Waals surface area contributed by atoms with Crippen molar-refractivity contribution in [2.45, 2.75) is 57.4 Å². The molecule has 3 aromatic rings. The van der Waals surface area contributed by atoms with Crippen molar-refractivity contribution in [2.24, 2.45) is 5.92 Å². The van der Waals surface area contributed by atoms with Gasteiger partial charge in [0.2, 0.25) is 23.2 Å². The third kappa shape index (κ3) is 6.54. The normalized spacial score (nSPS) is 22.4. The zero-order chi connectivity index (χ0) is 32.3. The molecule has 6 N–H and O–H groups in total. The molecule has 1 saturated heterocycles. The summed E-state index contributed by atoms with van der Waals surface area (Å²) in [5.41, 5.74) is -0.212. The molecule has 44 heavy (non-hydrogen) atoms. The Morgan fingerprint density at radius 3 is 2.36 bits per heavy atom. The monoisotopic (exact) mass is 620 g/mol. The molecular formula is C30H36O14. The SMILES string of the molecule is COc1c(OC2OC(CO)C(O)C(O)C2O)cc2oc(-c3ccc(O)c(CCC(C)COC(C)=O)c3)c(O)c(=O)c2c1OC. The van der Waals surface area contributed by atoms with E-state index >= 15 is 0 Å². The Labute approximate surface area is 251 Å². The molecule has 1 aromatic heterocycles. The average molecular weight is 621 g/mol. The number of aryl methyl sites for hydroxylation is 1. The number of carbonyl (C=O) groups excluding carboxylic acids is 1. The van der Waals surface area contributed by atoms with Crippen molar-refractivity contribution in [2.75, 3.05) is 27.4 Å². The second-order valence-electron chi connectivity index (χ2n) is 10.5. The third-order valence-electron chi connectivity index (χ3n) is 7.35. The molecule has 2 heterocycles. The van der Waals surface area contributed by atoms with E-state index in [4.69, 9.17) is 28.1 Å². The van der Waals surface area contributed by atoms with E-state index in [1.807, 2.05) is 6.92 Å². The van der Waals surface area contributed by atoms with Gasteiger partial charge in [-0.3, -0.25) is 9.59 Å². The van der Waals surface area contributed by atoms with E-state index < -0.39 is 48.5 Å². The van der Waals surface area contributed by atoms with Crippen LogP contribution in [0.2, 0.25) is 0 Å². The molecule has 0 saturated carbocycles. The summed E-state index contributed by atoms with van der Waals surface area (Å²) >= 11 is 0. The van der Waals surface area contributed by atoms with E-state index in [0.29, 0.717) is 18.4 Å². The summed E-state index contributed by atoms with van der Waals surface area (Å²) in [5.74, 6) is -1.83. The summed E-state index contributed by atoms with van der Waals surface area (Å²) in [4.78, 5) is 24.6. The van der Waals surface area contributed by atoms with Crippen LogP contribution in [-0.2, 0) is 20.7 Å². The van der Waals surface area contributed by atoms with Gasteiger partial charge < -0.3 is 58.7 Å². The number of aliphatic hydroxyl groups is 4. The fourth-order valence-corrected chi connectivity index (χ4v) is 4.90. The number of phenolic OH excluding ortho intramolecular Hbond substituents is 1. The molecule has 14 nitrogen and oxygen atoms in total. The first-order valence-electron chi connectivity index (χ1n) is 13.8. The number of esters is 1. The van der Waals surface area contributed by atoms with Gasteiger partial charge >= 0.3 is 5.97 Å². The van der Waals surface area contributed by atoms with Crippen LogP contribution in [0.1, 0.15) is 25.8 Å². The maximum atomic E-state index is 13.4. The quantitative estimate of drug-likeness (QED) is 0.166. The first-order valence-corrected chi connectivity index (χ1v) is 13.8. The van der Waals surface area contributed by atoms with Crippen molar-refractivity contribution in [3.8, 4) is 40.1 Å². The van der Waals surface area contributed by atoms with Gasteiger partial charge in [-0.05, 0) is 42.5 Å². The Morgan fingerprint density at radius 1 is 1.02 bits per heavy atom. The lowest BCUT2D eigenvalue weighted by Crippen LogP contribution is -2.60. The minimum Gasteiger partial charge on any atom is -0.508 e. The van der Waals surface area contributed by atoms with Gasteiger partial charge in [0.15, 0.2) is 17.3 Å². The van der Waals surface area contributed by atoms with Crippen LogP contribution in [0, 0.1) is 5.92 Å². The van der Waals surface area contributed by atoms with Crippen LogP contribution >= 0.6 is 0 Å². The molecule has 1 aliphatic heterocycles. The van der Waals surface area contributed by atoms with Gasteiger partial charge in [-0.25, -0.2) is 0 Å². The Hall–Kier alpha value is -4.08. The van der Waals surface area contributed by atoms with E-state index in [-0.39, 0.29) is 63.8 Å². The Morgan fingerprint density at radius 2 is 1.73 bits per heavy atom. The highest BCUT2D eigenvalue weighted by Crippen LogP contribution is 2.45. The lowest BCUT2D eigenvalue weighted by atomic mass is 9.98. The van der Waals surface area contributed by atoms with Gasteiger partial charge in [0.25, 0.3) is 0 Å². The van der Waals surface area contributed by atoms with Crippen LogP contribution in [0.4, 0.5) is 0 Å². The van der Waals surface area contributed by atoms with Gasteiger partial charge in [-0.2, -0.15) is 0 Å². The number of rotatable bonds is 11. The number of hydrogen-bond donors (Lipinski definition) is 6. The average Bonchev–Trinajstić information content (AvgIpc) is 3.00. The van der Waals surface area contributed by atoms with Crippen molar-refractivity contribution in [3.63, 3.8) is 0 Å². The zero-order valence-electron chi connectivity index (χ0n) is 24.6. The number of aromatic hydroxyl groups is 2. The second kappa shape index (κ2) is 13.7. The molecule has 0 spiro atoms. The van der Waals surface area contributed by atoms with Crippen molar-refractivity contribution >= 4 is 16.9 Å². The van der Waals surface area contributed by atoms with Crippen LogP contribution in [0.15, 0.2) is 33.5 Å². The molecule has 2 aromatic carbocycles. The zero-order valence-corrected chi connectivity index (χ0v) is 24.6. The summed E-state index contributed by atoms with van der Waals surface area (Å²) in [6, 6.07) is 5.65. The van der Waals surface area contributed by atoms with E-state index in [9.17, 15) is 40.2 Å². The Balaban J connectivity index is 1.76. The lowest BCUT2D eigenvalue weighted by molar-refractivity contribution is -0.277. The molecule has 0 amide bonds. The van der Waals surface area contributed by atoms with E-state index in [2.05, 4.69) is 0 Å². The summed E-state index contributed by atoms with van der Waals surface area (Å²) < 4.78 is 33.1. The molecular weight excluding hydrogens is 584 g/mol. The highest BCUT2D eigenvalue weighted by molar-refractivity contribution is 5.91. The van der Waals surface area contributed by atoms with Crippen molar-refractivity contribution in [1.29, 1.82) is 0 Å². The molecule has 0 aliphatic carbocycles.